The van der Waals surface area contributed by atoms with E-state index in [1.165, 1.54) is 0 Å². The van der Waals surface area contributed by atoms with Crippen molar-refractivity contribution < 1.29 is 9.84 Å². The van der Waals surface area contributed by atoms with Gasteiger partial charge < -0.3 is 20.1 Å². The van der Waals surface area contributed by atoms with E-state index in [0.717, 1.165) is 48.7 Å². The van der Waals surface area contributed by atoms with Crippen molar-refractivity contribution in [2.45, 2.75) is 31.9 Å². The summed E-state index contributed by atoms with van der Waals surface area (Å²) >= 11 is 6.13. The molecule has 1 unspecified atom stereocenters. The maximum atomic E-state index is 10.3. The van der Waals surface area contributed by atoms with E-state index in [2.05, 4.69) is 16.3 Å². The van der Waals surface area contributed by atoms with Crippen LogP contribution in [0.2, 0.25) is 5.02 Å². The van der Waals surface area contributed by atoms with Gasteiger partial charge in [-0.05, 0) is 43.5 Å². The van der Waals surface area contributed by atoms with Gasteiger partial charge in [-0.2, -0.15) is 0 Å². The summed E-state index contributed by atoms with van der Waals surface area (Å²) in [5.41, 5.74) is 1.71. The maximum absolute atomic E-state index is 10.3. The molecule has 0 saturated carbocycles. The Morgan fingerprint density at radius 1 is 1.48 bits per heavy atom. The van der Waals surface area contributed by atoms with Crippen LogP contribution in [0.15, 0.2) is 18.2 Å². The molecule has 0 bridgehead atoms. The zero-order valence-corrected chi connectivity index (χ0v) is 13.6. The molecule has 0 aromatic heterocycles. The lowest BCUT2D eigenvalue weighted by Crippen LogP contribution is -2.46. The number of piperidine rings is 1. The fourth-order valence-corrected chi connectivity index (χ4v) is 3.02. The highest BCUT2D eigenvalue weighted by atomic mass is 35.5. The molecule has 1 aromatic rings. The van der Waals surface area contributed by atoms with E-state index in [1.807, 2.05) is 19.1 Å². The number of hydrogen-bond acceptors (Lipinski definition) is 4. The molecule has 2 N–H and O–H groups in total. The highest BCUT2D eigenvalue weighted by Crippen LogP contribution is 2.30. The second-order valence-corrected chi connectivity index (χ2v) is 6.40. The predicted octanol–water partition coefficient (Wildman–Crippen LogP) is 2.43. The third kappa shape index (κ3) is 4.85. The van der Waals surface area contributed by atoms with E-state index in [0.29, 0.717) is 13.2 Å². The van der Waals surface area contributed by atoms with Crippen molar-refractivity contribution in [3.05, 3.63) is 28.8 Å². The van der Waals surface area contributed by atoms with Gasteiger partial charge in [0, 0.05) is 44.0 Å². The molecular formula is C16H25ClN2O2. The topological polar surface area (TPSA) is 44.7 Å². The molecule has 1 aromatic carbocycles. The fraction of sp³-hybridized carbons (Fsp3) is 0.625. The van der Waals surface area contributed by atoms with Crippen LogP contribution in [0.1, 0.15) is 25.3 Å². The molecular weight excluding hydrogens is 288 g/mol. The minimum absolute atomic E-state index is 0.612. The first-order valence-electron chi connectivity index (χ1n) is 7.47. The molecule has 4 nitrogen and oxygen atoms in total. The highest BCUT2D eigenvalue weighted by molar-refractivity contribution is 6.30. The Hall–Kier alpha value is -0.810. The third-order valence-electron chi connectivity index (χ3n) is 3.86. The van der Waals surface area contributed by atoms with Crippen molar-refractivity contribution in [3.63, 3.8) is 0 Å². The summed E-state index contributed by atoms with van der Waals surface area (Å²) in [6.07, 6.45) is 1.87. The number of methoxy groups -OCH3 is 1. The molecule has 1 aliphatic heterocycles. The Kier molecular flexibility index (Phi) is 5.88. The number of rotatable bonds is 6. The lowest BCUT2D eigenvalue weighted by molar-refractivity contribution is 0.0449. The van der Waals surface area contributed by atoms with Crippen molar-refractivity contribution in [1.82, 2.24) is 5.32 Å². The zero-order valence-electron chi connectivity index (χ0n) is 12.9. The van der Waals surface area contributed by atoms with E-state index in [4.69, 9.17) is 16.3 Å². The standard InChI is InChI=1S/C16H25ClN2O2/c1-16(20)6-3-8-19(12-16)15-5-4-14(17)10-13(15)11-18-7-9-21-2/h4-5,10,18,20H,3,6-9,11-12H2,1-2H3. The Morgan fingerprint density at radius 3 is 3.00 bits per heavy atom. The van der Waals surface area contributed by atoms with Gasteiger partial charge in [0.2, 0.25) is 0 Å². The minimum Gasteiger partial charge on any atom is -0.388 e. The Balaban J connectivity index is 2.10. The molecule has 1 heterocycles. The first-order chi connectivity index (χ1) is 10.0. The zero-order chi connectivity index (χ0) is 15.3. The summed E-state index contributed by atoms with van der Waals surface area (Å²) in [6.45, 7) is 5.79. The van der Waals surface area contributed by atoms with Gasteiger partial charge in [0.05, 0.1) is 12.2 Å². The van der Waals surface area contributed by atoms with E-state index in [9.17, 15) is 5.11 Å². The summed E-state index contributed by atoms with van der Waals surface area (Å²) in [5, 5.41) is 14.4. The number of benzene rings is 1. The lowest BCUT2D eigenvalue weighted by atomic mass is 9.94. The quantitative estimate of drug-likeness (QED) is 0.792. The molecule has 0 aliphatic carbocycles. The summed E-state index contributed by atoms with van der Waals surface area (Å²) in [6, 6.07) is 5.97. The van der Waals surface area contributed by atoms with Crippen LogP contribution in [0.25, 0.3) is 0 Å². The van der Waals surface area contributed by atoms with Crippen LogP contribution in [0.4, 0.5) is 5.69 Å². The number of halogens is 1. The maximum Gasteiger partial charge on any atom is 0.0794 e. The fourth-order valence-electron chi connectivity index (χ4n) is 2.83. The van der Waals surface area contributed by atoms with Gasteiger partial charge in [0.25, 0.3) is 0 Å². The van der Waals surface area contributed by atoms with Crippen molar-refractivity contribution in [3.8, 4) is 0 Å². The summed E-state index contributed by atoms with van der Waals surface area (Å²) in [7, 11) is 1.70. The predicted molar refractivity (Wildman–Crippen MR) is 87.1 cm³/mol. The number of aliphatic hydroxyl groups is 1. The van der Waals surface area contributed by atoms with Crippen LogP contribution < -0.4 is 10.2 Å². The van der Waals surface area contributed by atoms with Crippen molar-refractivity contribution in [2.75, 3.05) is 38.3 Å². The molecule has 1 aliphatic rings. The Bertz CT molecular complexity index is 466. The lowest BCUT2D eigenvalue weighted by Gasteiger charge is -2.39. The van der Waals surface area contributed by atoms with Crippen molar-refractivity contribution in [1.29, 1.82) is 0 Å². The monoisotopic (exact) mass is 312 g/mol. The molecule has 1 fully saturated rings. The minimum atomic E-state index is -0.612. The first kappa shape index (κ1) is 16.6. The highest BCUT2D eigenvalue weighted by Gasteiger charge is 2.29. The summed E-state index contributed by atoms with van der Waals surface area (Å²) < 4.78 is 5.05. The molecule has 118 valence electrons. The van der Waals surface area contributed by atoms with Gasteiger partial charge in [0.15, 0.2) is 0 Å². The second-order valence-electron chi connectivity index (χ2n) is 5.96. The molecule has 0 radical (unpaired) electrons. The van der Waals surface area contributed by atoms with E-state index in [-0.39, 0.29) is 0 Å². The number of nitrogens with one attached hydrogen (secondary N) is 1. The molecule has 0 amide bonds. The third-order valence-corrected chi connectivity index (χ3v) is 4.09. The molecule has 1 saturated heterocycles. The number of β-amino-alcohol motifs (C(OH)–C–C–N with tert-alkyl or cyclic N) is 1. The number of nitrogens with zero attached hydrogens (tertiary/aromatic N) is 1. The SMILES string of the molecule is COCCNCc1cc(Cl)ccc1N1CCCC(C)(O)C1. The van der Waals surface area contributed by atoms with Gasteiger partial charge in [-0.15, -0.1) is 0 Å². The van der Waals surface area contributed by atoms with Crippen LogP contribution in [0.3, 0.4) is 0 Å². The van der Waals surface area contributed by atoms with E-state index in [1.54, 1.807) is 7.11 Å². The molecule has 21 heavy (non-hydrogen) atoms. The molecule has 0 spiro atoms. The molecule has 5 heteroatoms. The Labute approximate surface area is 132 Å². The smallest absolute Gasteiger partial charge is 0.0794 e. The summed E-state index contributed by atoms with van der Waals surface area (Å²) in [4.78, 5) is 2.26. The summed E-state index contributed by atoms with van der Waals surface area (Å²) in [5.74, 6) is 0. The van der Waals surface area contributed by atoms with Gasteiger partial charge in [-0.25, -0.2) is 0 Å². The number of ether oxygens (including phenoxy) is 1. The van der Waals surface area contributed by atoms with E-state index < -0.39 is 5.60 Å². The number of anilines is 1. The van der Waals surface area contributed by atoms with E-state index >= 15 is 0 Å². The van der Waals surface area contributed by atoms with Gasteiger partial charge in [0.1, 0.15) is 0 Å². The van der Waals surface area contributed by atoms with Crippen molar-refractivity contribution in [2.24, 2.45) is 0 Å². The van der Waals surface area contributed by atoms with Crippen LogP contribution in [-0.4, -0.2) is 44.1 Å². The number of hydrogen-bond donors (Lipinski definition) is 2. The normalized spacial score (nSPS) is 22.6. The van der Waals surface area contributed by atoms with Crippen LogP contribution in [-0.2, 0) is 11.3 Å². The van der Waals surface area contributed by atoms with Gasteiger partial charge in [-0.1, -0.05) is 11.6 Å². The Morgan fingerprint density at radius 2 is 2.29 bits per heavy atom. The second kappa shape index (κ2) is 7.45. The van der Waals surface area contributed by atoms with Gasteiger partial charge in [-0.3, -0.25) is 0 Å². The van der Waals surface area contributed by atoms with Crippen LogP contribution in [0.5, 0.6) is 0 Å². The van der Waals surface area contributed by atoms with Crippen LogP contribution >= 0.6 is 11.6 Å². The van der Waals surface area contributed by atoms with Gasteiger partial charge >= 0.3 is 0 Å². The van der Waals surface area contributed by atoms with Crippen LogP contribution in [0, 0.1) is 0 Å². The molecule has 1 atom stereocenters. The molecule has 2 rings (SSSR count). The largest absolute Gasteiger partial charge is 0.388 e. The average molecular weight is 313 g/mol. The first-order valence-corrected chi connectivity index (χ1v) is 7.85. The average Bonchev–Trinajstić information content (AvgIpc) is 2.42. The van der Waals surface area contributed by atoms with Crippen molar-refractivity contribution >= 4 is 17.3 Å².